The fraction of sp³-hybridized carbons (Fsp3) is 0.120. The van der Waals surface area contributed by atoms with Gasteiger partial charge in [0.15, 0.2) is 0 Å². The predicted molar refractivity (Wildman–Crippen MR) is 115 cm³/mol. The summed E-state index contributed by atoms with van der Waals surface area (Å²) in [6, 6.07) is 17.1. The SMILES string of the molecule is COc1cccc([C@@H]2CC(=O)Oc3ccc4c(=O)c(-c5ccc(O)cc5)coc4c32)c1. The Bertz CT molecular complexity index is 1370. The summed E-state index contributed by atoms with van der Waals surface area (Å²) in [6.45, 7) is 0. The van der Waals surface area contributed by atoms with E-state index in [9.17, 15) is 14.7 Å². The highest BCUT2D eigenvalue weighted by atomic mass is 16.5. The molecule has 2 heterocycles. The van der Waals surface area contributed by atoms with Crippen LogP contribution in [0.25, 0.3) is 22.1 Å². The number of hydrogen-bond donors (Lipinski definition) is 1. The van der Waals surface area contributed by atoms with Gasteiger partial charge in [-0.15, -0.1) is 0 Å². The quantitative estimate of drug-likeness (QED) is 0.389. The van der Waals surface area contributed by atoms with Crippen LogP contribution in [-0.4, -0.2) is 18.2 Å². The molecule has 0 saturated heterocycles. The van der Waals surface area contributed by atoms with E-state index in [0.29, 0.717) is 39.2 Å². The number of phenols is 1. The first kappa shape index (κ1) is 18.9. The van der Waals surface area contributed by atoms with Gasteiger partial charge in [0.25, 0.3) is 0 Å². The van der Waals surface area contributed by atoms with Crippen LogP contribution in [0.2, 0.25) is 0 Å². The van der Waals surface area contributed by atoms with Crippen molar-refractivity contribution in [2.24, 2.45) is 0 Å². The Balaban J connectivity index is 1.72. The van der Waals surface area contributed by atoms with Crippen molar-refractivity contribution in [2.45, 2.75) is 12.3 Å². The lowest BCUT2D eigenvalue weighted by Gasteiger charge is -2.25. The Morgan fingerprint density at radius 1 is 1.03 bits per heavy atom. The number of benzene rings is 3. The van der Waals surface area contributed by atoms with Crippen LogP contribution in [0.4, 0.5) is 0 Å². The molecule has 1 N–H and O–H groups in total. The number of aromatic hydroxyl groups is 1. The minimum atomic E-state index is -0.345. The van der Waals surface area contributed by atoms with E-state index in [1.165, 1.54) is 18.4 Å². The van der Waals surface area contributed by atoms with E-state index in [1.807, 2.05) is 24.3 Å². The molecule has 154 valence electrons. The van der Waals surface area contributed by atoms with Gasteiger partial charge in [-0.1, -0.05) is 24.3 Å². The molecule has 0 fully saturated rings. The molecular formula is C25H18O6. The van der Waals surface area contributed by atoms with Crippen LogP contribution in [-0.2, 0) is 4.79 Å². The summed E-state index contributed by atoms with van der Waals surface area (Å²) in [5.41, 5.74) is 2.76. The van der Waals surface area contributed by atoms with E-state index in [4.69, 9.17) is 13.9 Å². The Labute approximate surface area is 177 Å². The van der Waals surface area contributed by atoms with Gasteiger partial charge >= 0.3 is 5.97 Å². The highest BCUT2D eigenvalue weighted by molar-refractivity contribution is 5.90. The van der Waals surface area contributed by atoms with Crippen molar-refractivity contribution in [3.8, 4) is 28.4 Å². The molecule has 0 unspecified atom stereocenters. The Kier molecular flexibility index (Phi) is 4.47. The molecular weight excluding hydrogens is 396 g/mol. The molecule has 0 amide bonds. The van der Waals surface area contributed by atoms with E-state index in [0.717, 1.165) is 5.56 Å². The number of carbonyl (C=O) groups excluding carboxylic acids is 1. The second kappa shape index (κ2) is 7.32. The van der Waals surface area contributed by atoms with Crippen LogP contribution >= 0.6 is 0 Å². The zero-order valence-electron chi connectivity index (χ0n) is 16.6. The first-order valence-corrected chi connectivity index (χ1v) is 9.77. The molecule has 0 saturated carbocycles. The van der Waals surface area contributed by atoms with Crippen LogP contribution in [0.5, 0.6) is 17.2 Å². The number of fused-ring (bicyclic) bond motifs is 3. The molecule has 0 radical (unpaired) electrons. The molecule has 5 rings (SSSR count). The largest absolute Gasteiger partial charge is 0.508 e. The van der Waals surface area contributed by atoms with Gasteiger partial charge in [0, 0.05) is 11.5 Å². The van der Waals surface area contributed by atoms with E-state index < -0.39 is 0 Å². The molecule has 3 aromatic carbocycles. The summed E-state index contributed by atoms with van der Waals surface area (Å²) in [4.78, 5) is 25.5. The first-order chi connectivity index (χ1) is 15.0. The lowest BCUT2D eigenvalue weighted by molar-refractivity contribution is -0.135. The van der Waals surface area contributed by atoms with Crippen molar-refractivity contribution < 1.29 is 23.8 Å². The van der Waals surface area contributed by atoms with Crippen molar-refractivity contribution in [2.75, 3.05) is 7.11 Å². The minimum Gasteiger partial charge on any atom is -0.508 e. The van der Waals surface area contributed by atoms with Gasteiger partial charge in [-0.25, -0.2) is 0 Å². The van der Waals surface area contributed by atoms with E-state index >= 15 is 0 Å². The third kappa shape index (κ3) is 3.22. The van der Waals surface area contributed by atoms with Gasteiger partial charge < -0.3 is 19.0 Å². The summed E-state index contributed by atoms with van der Waals surface area (Å²) in [6.07, 6.45) is 1.54. The van der Waals surface area contributed by atoms with Crippen LogP contribution in [0, 0.1) is 0 Å². The summed E-state index contributed by atoms with van der Waals surface area (Å²) in [5.74, 6) is 0.498. The Morgan fingerprint density at radius 2 is 1.84 bits per heavy atom. The number of ether oxygens (including phenoxy) is 2. The van der Waals surface area contributed by atoms with Crippen LogP contribution < -0.4 is 14.9 Å². The topological polar surface area (TPSA) is 86.0 Å². The van der Waals surface area contributed by atoms with Crippen LogP contribution in [0.15, 0.2) is 76.1 Å². The van der Waals surface area contributed by atoms with Crippen molar-refractivity contribution in [3.05, 3.63) is 88.3 Å². The highest BCUT2D eigenvalue weighted by Gasteiger charge is 2.32. The highest BCUT2D eigenvalue weighted by Crippen LogP contribution is 2.43. The molecule has 1 aliphatic heterocycles. The first-order valence-electron chi connectivity index (χ1n) is 9.77. The summed E-state index contributed by atoms with van der Waals surface area (Å²) in [5, 5.41) is 9.92. The molecule has 4 aromatic rings. The number of esters is 1. The summed E-state index contributed by atoms with van der Waals surface area (Å²) in [7, 11) is 1.58. The number of rotatable bonds is 3. The van der Waals surface area contributed by atoms with Gasteiger partial charge in [0.2, 0.25) is 5.43 Å². The number of hydrogen-bond acceptors (Lipinski definition) is 6. The Morgan fingerprint density at radius 3 is 2.61 bits per heavy atom. The zero-order valence-corrected chi connectivity index (χ0v) is 16.6. The average Bonchev–Trinajstić information content (AvgIpc) is 2.79. The number of phenolic OH excluding ortho intramolecular Hbond substituents is 1. The van der Waals surface area contributed by atoms with Gasteiger partial charge in [-0.05, 0) is 47.5 Å². The zero-order chi connectivity index (χ0) is 21.5. The maximum Gasteiger partial charge on any atom is 0.312 e. The molecule has 6 nitrogen and oxygen atoms in total. The van der Waals surface area contributed by atoms with Crippen LogP contribution in [0.3, 0.4) is 0 Å². The van der Waals surface area contributed by atoms with E-state index in [2.05, 4.69) is 0 Å². The summed E-state index contributed by atoms with van der Waals surface area (Å²) < 4.78 is 16.8. The fourth-order valence-corrected chi connectivity index (χ4v) is 4.04. The van der Waals surface area contributed by atoms with Crippen LogP contribution in [0.1, 0.15) is 23.5 Å². The third-order valence-electron chi connectivity index (χ3n) is 5.56. The van der Waals surface area contributed by atoms with E-state index in [1.54, 1.807) is 31.4 Å². The van der Waals surface area contributed by atoms with Crippen molar-refractivity contribution >= 4 is 16.9 Å². The second-order valence-corrected chi connectivity index (χ2v) is 7.39. The smallest absolute Gasteiger partial charge is 0.312 e. The monoisotopic (exact) mass is 414 g/mol. The normalized spacial score (nSPS) is 15.4. The molecule has 0 spiro atoms. The van der Waals surface area contributed by atoms with Crippen molar-refractivity contribution in [3.63, 3.8) is 0 Å². The maximum atomic E-state index is 13.3. The molecule has 1 atom stereocenters. The second-order valence-electron chi connectivity index (χ2n) is 7.39. The lowest BCUT2D eigenvalue weighted by Crippen LogP contribution is -2.22. The molecule has 0 bridgehead atoms. The minimum absolute atomic E-state index is 0.117. The van der Waals surface area contributed by atoms with E-state index in [-0.39, 0.29) is 29.5 Å². The number of methoxy groups -OCH3 is 1. The molecule has 31 heavy (non-hydrogen) atoms. The number of carbonyl (C=O) groups is 1. The average molecular weight is 414 g/mol. The van der Waals surface area contributed by atoms with Gasteiger partial charge in [-0.2, -0.15) is 0 Å². The maximum absolute atomic E-state index is 13.3. The predicted octanol–water partition coefficient (Wildman–Crippen LogP) is 4.62. The van der Waals surface area contributed by atoms with Crippen molar-refractivity contribution in [1.29, 1.82) is 0 Å². The molecule has 1 aromatic heterocycles. The lowest BCUT2D eigenvalue weighted by atomic mass is 9.85. The van der Waals surface area contributed by atoms with Gasteiger partial charge in [0.1, 0.15) is 29.1 Å². The van der Waals surface area contributed by atoms with Crippen molar-refractivity contribution in [1.82, 2.24) is 0 Å². The Hall–Kier alpha value is -4.06. The third-order valence-corrected chi connectivity index (χ3v) is 5.56. The summed E-state index contributed by atoms with van der Waals surface area (Å²) >= 11 is 0. The fourth-order valence-electron chi connectivity index (χ4n) is 4.04. The molecule has 0 aliphatic carbocycles. The van der Waals surface area contributed by atoms with Gasteiger partial charge in [-0.3, -0.25) is 9.59 Å². The van der Waals surface area contributed by atoms with Gasteiger partial charge in [0.05, 0.1) is 24.5 Å². The standard InChI is InChI=1S/C25H18O6/c1-29-17-4-2-3-15(11-17)19-12-22(27)31-21-10-9-18-24(28)20(13-30-25(18)23(19)21)14-5-7-16(26)8-6-14/h2-11,13,19,26H,12H2,1H3/t19-/m0/s1. The molecule has 1 aliphatic rings. The molecule has 6 heteroatoms.